The molecule has 0 atom stereocenters. The number of hydrogen-bond donors (Lipinski definition) is 1. The summed E-state index contributed by atoms with van der Waals surface area (Å²) in [6.07, 6.45) is 0. The second kappa shape index (κ2) is 8.72. The largest absolute Gasteiger partial charge is 0.336 e. The van der Waals surface area contributed by atoms with Crippen LogP contribution in [-0.4, -0.2) is 55.5 Å². The van der Waals surface area contributed by atoms with E-state index in [0.717, 1.165) is 13.1 Å². The standard InChI is InChI=1S/C16H27N3O/c1-14(2)17-12-16(20)19(11-10-18(3)4)13-15-8-6-5-7-9-15/h5-9,14,17H,10-13H2,1-4H3. The van der Waals surface area contributed by atoms with Gasteiger partial charge in [-0.2, -0.15) is 0 Å². The van der Waals surface area contributed by atoms with Crippen LogP contribution in [0.3, 0.4) is 0 Å². The van der Waals surface area contributed by atoms with Crippen molar-refractivity contribution in [1.29, 1.82) is 0 Å². The molecular weight excluding hydrogens is 250 g/mol. The fourth-order valence-corrected chi connectivity index (χ4v) is 1.82. The van der Waals surface area contributed by atoms with Crippen molar-refractivity contribution in [3.05, 3.63) is 35.9 Å². The van der Waals surface area contributed by atoms with Gasteiger partial charge in [-0.05, 0) is 19.7 Å². The summed E-state index contributed by atoms with van der Waals surface area (Å²) in [7, 11) is 4.05. The highest BCUT2D eigenvalue weighted by Crippen LogP contribution is 2.04. The third-order valence-electron chi connectivity index (χ3n) is 3.05. The lowest BCUT2D eigenvalue weighted by molar-refractivity contribution is -0.131. The number of hydrogen-bond acceptors (Lipinski definition) is 3. The first-order valence-corrected chi connectivity index (χ1v) is 7.19. The second-order valence-electron chi connectivity index (χ2n) is 5.64. The topological polar surface area (TPSA) is 35.6 Å². The van der Waals surface area contributed by atoms with Gasteiger partial charge < -0.3 is 15.1 Å². The number of nitrogens with zero attached hydrogens (tertiary/aromatic N) is 2. The Hall–Kier alpha value is -1.39. The average molecular weight is 277 g/mol. The number of benzene rings is 1. The predicted molar refractivity (Wildman–Crippen MR) is 83.6 cm³/mol. The van der Waals surface area contributed by atoms with Gasteiger partial charge in [0, 0.05) is 25.7 Å². The van der Waals surface area contributed by atoms with Crippen LogP contribution in [0.25, 0.3) is 0 Å². The van der Waals surface area contributed by atoms with Crippen molar-refractivity contribution in [2.45, 2.75) is 26.4 Å². The number of carbonyl (C=O) groups excluding carboxylic acids is 1. The fraction of sp³-hybridized carbons (Fsp3) is 0.562. The van der Waals surface area contributed by atoms with E-state index < -0.39 is 0 Å². The molecule has 0 spiro atoms. The minimum atomic E-state index is 0.157. The van der Waals surface area contributed by atoms with Crippen molar-refractivity contribution in [3.63, 3.8) is 0 Å². The molecule has 20 heavy (non-hydrogen) atoms. The molecule has 1 rings (SSSR count). The van der Waals surface area contributed by atoms with Crippen LogP contribution in [0.5, 0.6) is 0 Å². The van der Waals surface area contributed by atoms with Crippen LogP contribution in [0.15, 0.2) is 30.3 Å². The van der Waals surface area contributed by atoms with Gasteiger partial charge in [0.2, 0.25) is 5.91 Å². The van der Waals surface area contributed by atoms with E-state index in [9.17, 15) is 4.79 Å². The van der Waals surface area contributed by atoms with Crippen LogP contribution in [0.1, 0.15) is 19.4 Å². The van der Waals surface area contributed by atoms with Gasteiger partial charge in [0.1, 0.15) is 0 Å². The number of likely N-dealkylation sites (N-methyl/N-ethyl adjacent to an activating group) is 1. The molecule has 0 unspecified atom stereocenters. The van der Waals surface area contributed by atoms with Crippen molar-refractivity contribution in [3.8, 4) is 0 Å². The highest BCUT2D eigenvalue weighted by atomic mass is 16.2. The molecule has 0 saturated carbocycles. The zero-order valence-corrected chi connectivity index (χ0v) is 13.1. The van der Waals surface area contributed by atoms with Crippen molar-refractivity contribution in [2.75, 3.05) is 33.7 Å². The lowest BCUT2D eigenvalue weighted by Crippen LogP contribution is -2.42. The van der Waals surface area contributed by atoms with Gasteiger partial charge in [0.15, 0.2) is 0 Å². The molecule has 0 fully saturated rings. The maximum absolute atomic E-state index is 12.3. The molecule has 0 aliphatic carbocycles. The van der Waals surface area contributed by atoms with Crippen LogP contribution in [-0.2, 0) is 11.3 Å². The minimum absolute atomic E-state index is 0.157. The molecule has 4 nitrogen and oxygen atoms in total. The molecule has 0 radical (unpaired) electrons. The van der Waals surface area contributed by atoms with Gasteiger partial charge in [-0.25, -0.2) is 0 Å². The second-order valence-corrected chi connectivity index (χ2v) is 5.64. The Bertz CT molecular complexity index is 390. The molecule has 0 heterocycles. The van der Waals surface area contributed by atoms with Gasteiger partial charge in [-0.15, -0.1) is 0 Å². The predicted octanol–water partition coefficient (Wildman–Crippen LogP) is 1.57. The molecule has 0 bridgehead atoms. The van der Waals surface area contributed by atoms with Gasteiger partial charge in [-0.3, -0.25) is 4.79 Å². The highest BCUT2D eigenvalue weighted by Gasteiger charge is 2.14. The van der Waals surface area contributed by atoms with Gasteiger partial charge >= 0.3 is 0 Å². The Labute approximate surface area is 122 Å². The van der Waals surface area contributed by atoms with Crippen molar-refractivity contribution >= 4 is 5.91 Å². The van der Waals surface area contributed by atoms with Crippen molar-refractivity contribution < 1.29 is 4.79 Å². The molecule has 112 valence electrons. The molecule has 1 aromatic rings. The average Bonchev–Trinajstić information content (AvgIpc) is 2.41. The Kier molecular flexibility index (Phi) is 7.26. The van der Waals surface area contributed by atoms with Gasteiger partial charge in [0.05, 0.1) is 6.54 Å². The minimum Gasteiger partial charge on any atom is -0.336 e. The molecule has 0 saturated heterocycles. The Morgan fingerprint density at radius 2 is 1.80 bits per heavy atom. The number of amides is 1. The normalized spacial score (nSPS) is 11.1. The molecule has 1 amide bonds. The first-order chi connectivity index (χ1) is 9.49. The van der Waals surface area contributed by atoms with E-state index in [-0.39, 0.29) is 5.91 Å². The molecule has 0 aliphatic rings. The van der Waals surface area contributed by atoms with E-state index in [0.29, 0.717) is 19.1 Å². The molecule has 0 aliphatic heterocycles. The van der Waals surface area contributed by atoms with Crippen LogP contribution >= 0.6 is 0 Å². The summed E-state index contributed by atoms with van der Waals surface area (Å²) < 4.78 is 0. The molecule has 1 aromatic carbocycles. The Morgan fingerprint density at radius 1 is 1.15 bits per heavy atom. The fourth-order valence-electron chi connectivity index (χ4n) is 1.82. The number of carbonyl (C=O) groups is 1. The SMILES string of the molecule is CC(C)NCC(=O)N(CCN(C)C)Cc1ccccc1. The Balaban J connectivity index is 2.61. The summed E-state index contributed by atoms with van der Waals surface area (Å²) >= 11 is 0. The summed E-state index contributed by atoms with van der Waals surface area (Å²) in [4.78, 5) is 16.3. The quantitative estimate of drug-likeness (QED) is 0.783. The van der Waals surface area contributed by atoms with Crippen LogP contribution in [0, 0.1) is 0 Å². The van der Waals surface area contributed by atoms with Crippen molar-refractivity contribution in [1.82, 2.24) is 15.1 Å². The van der Waals surface area contributed by atoms with E-state index in [1.807, 2.05) is 37.2 Å². The Morgan fingerprint density at radius 3 is 2.35 bits per heavy atom. The lowest BCUT2D eigenvalue weighted by atomic mass is 10.2. The third-order valence-corrected chi connectivity index (χ3v) is 3.05. The lowest BCUT2D eigenvalue weighted by Gasteiger charge is -2.25. The maximum atomic E-state index is 12.3. The zero-order valence-electron chi connectivity index (χ0n) is 13.1. The van der Waals surface area contributed by atoms with E-state index in [2.05, 4.69) is 36.2 Å². The van der Waals surface area contributed by atoms with E-state index in [4.69, 9.17) is 0 Å². The van der Waals surface area contributed by atoms with Crippen LogP contribution in [0.4, 0.5) is 0 Å². The van der Waals surface area contributed by atoms with Gasteiger partial charge in [0.25, 0.3) is 0 Å². The number of rotatable bonds is 8. The van der Waals surface area contributed by atoms with Crippen molar-refractivity contribution in [2.24, 2.45) is 0 Å². The summed E-state index contributed by atoms with van der Waals surface area (Å²) in [5.74, 6) is 0.157. The molecule has 4 heteroatoms. The van der Waals surface area contributed by atoms with Crippen LogP contribution < -0.4 is 5.32 Å². The summed E-state index contributed by atoms with van der Waals surface area (Å²) in [5.41, 5.74) is 1.17. The third kappa shape index (κ3) is 6.68. The monoisotopic (exact) mass is 277 g/mol. The first-order valence-electron chi connectivity index (χ1n) is 7.19. The van der Waals surface area contributed by atoms with Gasteiger partial charge in [-0.1, -0.05) is 44.2 Å². The molecule has 0 aromatic heterocycles. The maximum Gasteiger partial charge on any atom is 0.236 e. The summed E-state index contributed by atoms with van der Waals surface area (Å²) in [6, 6.07) is 10.5. The smallest absolute Gasteiger partial charge is 0.236 e. The van der Waals surface area contributed by atoms with E-state index in [1.54, 1.807) is 0 Å². The molecule has 1 N–H and O–H groups in total. The summed E-state index contributed by atoms with van der Waals surface area (Å²) in [5, 5.41) is 3.19. The van der Waals surface area contributed by atoms with E-state index >= 15 is 0 Å². The molecular formula is C16H27N3O. The number of nitrogens with one attached hydrogen (secondary N) is 1. The summed E-state index contributed by atoms with van der Waals surface area (Å²) in [6.45, 7) is 6.80. The highest BCUT2D eigenvalue weighted by molar-refractivity contribution is 5.78. The zero-order chi connectivity index (χ0) is 15.0. The van der Waals surface area contributed by atoms with Crippen LogP contribution in [0.2, 0.25) is 0 Å². The van der Waals surface area contributed by atoms with E-state index in [1.165, 1.54) is 5.56 Å². The first kappa shape index (κ1) is 16.7.